The first-order chi connectivity index (χ1) is 12.8. The molecule has 3 aromatic rings. The number of hydrogen-bond acceptors (Lipinski definition) is 6. The fourth-order valence-corrected chi connectivity index (χ4v) is 2.95. The highest BCUT2D eigenvalue weighted by Crippen LogP contribution is 2.35. The van der Waals surface area contributed by atoms with E-state index in [9.17, 15) is 4.79 Å². The highest BCUT2D eigenvalue weighted by atomic mass is 16.5. The van der Waals surface area contributed by atoms with Gasteiger partial charge in [0.25, 0.3) is 5.91 Å². The third-order valence-corrected chi connectivity index (χ3v) is 4.34. The zero-order valence-electron chi connectivity index (χ0n) is 14.3. The Labute approximate surface area is 150 Å². The first kappa shape index (κ1) is 16.3. The van der Waals surface area contributed by atoms with Crippen molar-refractivity contribution in [1.29, 1.82) is 0 Å². The van der Waals surface area contributed by atoms with Crippen molar-refractivity contribution in [3.05, 3.63) is 60.2 Å². The van der Waals surface area contributed by atoms with Gasteiger partial charge < -0.3 is 14.2 Å². The molecule has 0 spiro atoms. The van der Waals surface area contributed by atoms with Crippen LogP contribution in [0.2, 0.25) is 0 Å². The van der Waals surface area contributed by atoms with Gasteiger partial charge in [0.15, 0.2) is 0 Å². The molecule has 3 heterocycles. The molecule has 132 valence electrons. The largest absolute Gasteiger partial charge is 0.493 e. The summed E-state index contributed by atoms with van der Waals surface area (Å²) in [6.07, 6.45) is 4.15. The van der Waals surface area contributed by atoms with Gasteiger partial charge in [0.05, 0.1) is 12.2 Å². The van der Waals surface area contributed by atoms with E-state index < -0.39 is 0 Å². The number of nitrogens with zero attached hydrogens (tertiary/aromatic N) is 4. The minimum absolute atomic E-state index is 0.0913. The molecule has 1 unspecified atom stereocenters. The molecule has 0 radical (unpaired) electrons. The SMILES string of the molecule is CCOc1ccccc1C(=O)N1CCC1c1nc(-c2cccnc2)no1. The van der Waals surface area contributed by atoms with Crippen molar-refractivity contribution in [2.45, 2.75) is 19.4 Å². The molecule has 7 heteroatoms. The first-order valence-electron chi connectivity index (χ1n) is 8.54. The monoisotopic (exact) mass is 350 g/mol. The van der Waals surface area contributed by atoms with Gasteiger partial charge in [-0.15, -0.1) is 0 Å². The minimum atomic E-state index is -0.213. The molecule has 7 nitrogen and oxygen atoms in total. The number of ether oxygens (including phenoxy) is 1. The van der Waals surface area contributed by atoms with Crippen molar-refractivity contribution in [2.24, 2.45) is 0 Å². The van der Waals surface area contributed by atoms with Crippen LogP contribution in [0.3, 0.4) is 0 Å². The van der Waals surface area contributed by atoms with E-state index in [0.29, 0.717) is 36.2 Å². The van der Waals surface area contributed by atoms with Crippen LogP contribution < -0.4 is 4.74 Å². The number of rotatable bonds is 5. The molecule has 1 saturated heterocycles. The molecule has 1 amide bonds. The number of aromatic nitrogens is 3. The third kappa shape index (κ3) is 2.92. The van der Waals surface area contributed by atoms with Crippen molar-refractivity contribution in [3.63, 3.8) is 0 Å². The quantitative estimate of drug-likeness (QED) is 0.703. The summed E-state index contributed by atoms with van der Waals surface area (Å²) in [4.78, 5) is 23.2. The van der Waals surface area contributed by atoms with E-state index in [1.165, 1.54) is 0 Å². The zero-order valence-corrected chi connectivity index (χ0v) is 14.3. The molecule has 1 aliphatic heterocycles. The summed E-state index contributed by atoms with van der Waals surface area (Å²) in [5, 5.41) is 4.01. The van der Waals surface area contributed by atoms with Gasteiger partial charge in [0.2, 0.25) is 11.7 Å². The van der Waals surface area contributed by atoms with E-state index in [1.807, 2.05) is 31.2 Å². The van der Waals surface area contributed by atoms with Crippen LogP contribution in [0.15, 0.2) is 53.3 Å². The molecule has 26 heavy (non-hydrogen) atoms. The lowest BCUT2D eigenvalue weighted by atomic mass is 10.0. The summed E-state index contributed by atoms with van der Waals surface area (Å²) in [6.45, 7) is 3.05. The maximum absolute atomic E-state index is 12.9. The lowest BCUT2D eigenvalue weighted by Crippen LogP contribution is -2.45. The van der Waals surface area contributed by atoms with Crippen LogP contribution in [-0.2, 0) is 0 Å². The average Bonchev–Trinajstić information content (AvgIpc) is 3.11. The van der Waals surface area contributed by atoms with Crippen molar-refractivity contribution in [2.75, 3.05) is 13.2 Å². The van der Waals surface area contributed by atoms with Gasteiger partial charge in [0, 0.05) is 24.5 Å². The Morgan fingerprint density at radius 1 is 1.31 bits per heavy atom. The van der Waals surface area contributed by atoms with Crippen LogP contribution in [0, 0.1) is 0 Å². The van der Waals surface area contributed by atoms with Gasteiger partial charge in [0.1, 0.15) is 11.8 Å². The molecular weight excluding hydrogens is 332 g/mol. The molecule has 1 atom stereocenters. The van der Waals surface area contributed by atoms with E-state index >= 15 is 0 Å². The van der Waals surface area contributed by atoms with E-state index in [1.54, 1.807) is 29.4 Å². The molecule has 0 N–H and O–H groups in total. The minimum Gasteiger partial charge on any atom is -0.493 e. The second-order valence-corrected chi connectivity index (χ2v) is 5.93. The van der Waals surface area contributed by atoms with Crippen LogP contribution in [0.5, 0.6) is 5.75 Å². The highest BCUT2D eigenvalue weighted by molar-refractivity contribution is 5.97. The normalized spacial score (nSPS) is 16.2. The summed E-state index contributed by atoms with van der Waals surface area (Å²) in [5.41, 5.74) is 1.33. The number of carbonyl (C=O) groups is 1. The lowest BCUT2D eigenvalue weighted by molar-refractivity contribution is 0.0375. The van der Waals surface area contributed by atoms with Gasteiger partial charge in [-0.25, -0.2) is 0 Å². The number of para-hydroxylation sites is 1. The Balaban J connectivity index is 1.55. The van der Waals surface area contributed by atoms with Gasteiger partial charge in [-0.2, -0.15) is 4.98 Å². The number of likely N-dealkylation sites (tertiary alicyclic amines) is 1. The number of hydrogen-bond donors (Lipinski definition) is 0. The summed E-state index contributed by atoms with van der Waals surface area (Å²) in [7, 11) is 0. The summed E-state index contributed by atoms with van der Waals surface area (Å²) >= 11 is 0. The molecule has 0 saturated carbocycles. The first-order valence-corrected chi connectivity index (χ1v) is 8.54. The van der Waals surface area contributed by atoms with Crippen molar-refractivity contribution in [3.8, 4) is 17.1 Å². The van der Waals surface area contributed by atoms with Crippen molar-refractivity contribution < 1.29 is 14.1 Å². The number of benzene rings is 1. The Morgan fingerprint density at radius 2 is 2.19 bits per heavy atom. The van der Waals surface area contributed by atoms with Gasteiger partial charge in [-0.3, -0.25) is 9.78 Å². The molecule has 0 bridgehead atoms. The van der Waals surface area contributed by atoms with Crippen LogP contribution in [0.1, 0.15) is 35.6 Å². The molecular formula is C19H18N4O3. The number of pyridine rings is 1. The van der Waals surface area contributed by atoms with Crippen molar-refractivity contribution in [1.82, 2.24) is 20.0 Å². The topological polar surface area (TPSA) is 81.4 Å². The number of carbonyl (C=O) groups excluding carboxylic acids is 1. The van der Waals surface area contributed by atoms with E-state index in [4.69, 9.17) is 9.26 Å². The maximum atomic E-state index is 12.9. The van der Waals surface area contributed by atoms with Gasteiger partial charge in [-0.1, -0.05) is 17.3 Å². The molecule has 1 fully saturated rings. The summed E-state index contributed by atoms with van der Waals surface area (Å²) < 4.78 is 11.0. The number of amides is 1. The fraction of sp³-hybridized carbons (Fsp3) is 0.263. The van der Waals surface area contributed by atoms with E-state index in [2.05, 4.69) is 15.1 Å². The Kier molecular flexibility index (Phi) is 4.35. The van der Waals surface area contributed by atoms with Gasteiger partial charge in [-0.05, 0) is 37.6 Å². The Morgan fingerprint density at radius 3 is 2.92 bits per heavy atom. The van der Waals surface area contributed by atoms with E-state index in [-0.39, 0.29) is 11.9 Å². The maximum Gasteiger partial charge on any atom is 0.258 e. The Bertz CT molecular complexity index is 910. The predicted molar refractivity (Wildman–Crippen MR) is 93.5 cm³/mol. The van der Waals surface area contributed by atoms with Crippen LogP contribution in [0.25, 0.3) is 11.4 Å². The van der Waals surface area contributed by atoms with Crippen LogP contribution in [0.4, 0.5) is 0 Å². The molecule has 2 aromatic heterocycles. The molecule has 1 aromatic carbocycles. The Hall–Kier alpha value is -3.22. The van der Waals surface area contributed by atoms with Crippen LogP contribution >= 0.6 is 0 Å². The molecule has 4 rings (SSSR count). The van der Waals surface area contributed by atoms with Gasteiger partial charge >= 0.3 is 0 Å². The fourth-order valence-electron chi connectivity index (χ4n) is 2.95. The second kappa shape index (κ2) is 6.95. The summed E-state index contributed by atoms with van der Waals surface area (Å²) in [6, 6.07) is 10.7. The predicted octanol–water partition coefficient (Wildman–Crippen LogP) is 3.12. The highest BCUT2D eigenvalue weighted by Gasteiger charge is 2.38. The average molecular weight is 350 g/mol. The van der Waals surface area contributed by atoms with Crippen LogP contribution in [-0.4, -0.2) is 39.1 Å². The van der Waals surface area contributed by atoms with Crippen molar-refractivity contribution >= 4 is 5.91 Å². The van der Waals surface area contributed by atoms with E-state index in [0.717, 1.165) is 12.0 Å². The summed E-state index contributed by atoms with van der Waals surface area (Å²) in [5.74, 6) is 1.41. The second-order valence-electron chi connectivity index (χ2n) is 5.93. The standard InChI is InChI=1S/C19H18N4O3/c1-2-25-16-8-4-3-7-14(16)19(24)23-11-9-15(23)18-21-17(22-26-18)13-6-5-10-20-12-13/h3-8,10,12,15H,2,9,11H2,1H3. The smallest absolute Gasteiger partial charge is 0.258 e. The zero-order chi connectivity index (χ0) is 17.9. The molecule has 1 aliphatic rings. The molecule has 0 aliphatic carbocycles. The third-order valence-electron chi connectivity index (χ3n) is 4.34. The lowest BCUT2D eigenvalue weighted by Gasteiger charge is -2.38.